The average Bonchev–Trinajstić information content (AvgIpc) is 3.12. The summed E-state index contributed by atoms with van der Waals surface area (Å²) in [5.74, 6) is 5.26. The van der Waals surface area contributed by atoms with Crippen molar-refractivity contribution in [1.29, 1.82) is 0 Å². The van der Waals surface area contributed by atoms with Crippen LogP contribution in [0, 0.1) is 11.8 Å². The van der Waals surface area contributed by atoms with Gasteiger partial charge in [0.1, 0.15) is 6.61 Å². The molecule has 2 rings (SSSR count). The Morgan fingerprint density at radius 1 is 1.50 bits per heavy atom. The van der Waals surface area contributed by atoms with Crippen molar-refractivity contribution in [2.45, 2.75) is 13.0 Å². The number of carbonyl (C=O) groups is 1. The fourth-order valence-electron chi connectivity index (χ4n) is 1.62. The largest absolute Gasteiger partial charge is 0.384 e. The van der Waals surface area contributed by atoms with E-state index in [2.05, 4.69) is 22.1 Å². The van der Waals surface area contributed by atoms with Gasteiger partial charge < -0.3 is 15.0 Å². The van der Waals surface area contributed by atoms with Gasteiger partial charge in [-0.05, 0) is 18.6 Å². The minimum Gasteiger partial charge on any atom is -0.384 e. The van der Waals surface area contributed by atoms with Crippen molar-refractivity contribution in [3.05, 3.63) is 40.6 Å². The number of carbonyl (C=O) groups excluding carboxylic acids is 1. The van der Waals surface area contributed by atoms with Crippen molar-refractivity contribution < 1.29 is 9.90 Å². The van der Waals surface area contributed by atoms with E-state index in [0.29, 0.717) is 11.4 Å². The molecule has 0 saturated heterocycles. The number of hydrogen-bond acceptors (Lipinski definition) is 4. The number of nitrogens with one attached hydrogen (secondary N) is 1. The first-order valence-electron chi connectivity index (χ1n) is 6.23. The summed E-state index contributed by atoms with van der Waals surface area (Å²) >= 11 is 1.32. The van der Waals surface area contributed by atoms with Crippen LogP contribution in [0.25, 0.3) is 0 Å². The zero-order valence-corrected chi connectivity index (χ0v) is 11.7. The first-order valence-corrected chi connectivity index (χ1v) is 7.05. The number of hydrogen-bond donors (Lipinski definition) is 2. The molecule has 1 amide bonds. The van der Waals surface area contributed by atoms with Crippen LogP contribution >= 0.6 is 11.3 Å². The first-order chi connectivity index (χ1) is 9.79. The van der Waals surface area contributed by atoms with E-state index < -0.39 is 0 Å². The predicted octanol–water partition coefficient (Wildman–Crippen LogP) is 1.11. The molecule has 6 heteroatoms. The maximum atomic E-state index is 11.9. The van der Waals surface area contributed by atoms with Crippen LogP contribution in [0.1, 0.15) is 21.0 Å². The highest BCUT2D eigenvalue weighted by Crippen LogP contribution is 2.15. The van der Waals surface area contributed by atoms with Crippen LogP contribution < -0.4 is 5.32 Å². The van der Waals surface area contributed by atoms with E-state index in [-0.39, 0.29) is 12.5 Å². The van der Waals surface area contributed by atoms with Crippen LogP contribution in [0.5, 0.6) is 0 Å². The zero-order valence-electron chi connectivity index (χ0n) is 10.9. The van der Waals surface area contributed by atoms with E-state index in [1.165, 1.54) is 11.3 Å². The van der Waals surface area contributed by atoms with Gasteiger partial charge >= 0.3 is 0 Å². The maximum Gasteiger partial charge on any atom is 0.261 e. The number of rotatable bonds is 5. The Morgan fingerprint density at radius 3 is 3.15 bits per heavy atom. The molecule has 0 bridgehead atoms. The molecular formula is C14H15N3O2S. The monoisotopic (exact) mass is 289 g/mol. The summed E-state index contributed by atoms with van der Waals surface area (Å²) in [7, 11) is 0. The molecule has 0 aliphatic carbocycles. The second-order valence-corrected chi connectivity index (χ2v) is 5.12. The average molecular weight is 289 g/mol. The van der Waals surface area contributed by atoms with Crippen LogP contribution in [-0.2, 0) is 6.54 Å². The second-order valence-electron chi connectivity index (χ2n) is 4.03. The van der Waals surface area contributed by atoms with E-state index in [4.69, 9.17) is 5.11 Å². The molecule has 2 aromatic rings. The van der Waals surface area contributed by atoms with Crippen molar-refractivity contribution in [1.82, 2.24) is 14.9 Å². The lowest BCUT2D eigenvalue weighted by molar-refractivity contribution is 0.0957. The molecule has 0 spiro atoms. The third-order valence-electron chi connectivity index (χ3n) is 2.56. The molecule has 2 heterocycles. The Labute approximate surface area is 121 Å². The number of aliphatic hydroxyl groups is 1. The lowest BCUT2D eigenvalue weighted by atomic mass is 10.3. The van der Waals surface area contributed by atoms with E-state index in [1.54, 1.807) is 24.7 Å². The van der Waals surface area contributed by atoms with Crippen LogP contribution in [-0.4, -0.2) is 33.7 Å². The molecule has 0 aliphatic rings. The van der Waals surface area contributed by atoms with Crippen LogP contribution in [0.15, 0.2) is 30.9 Å². The molecule has 0 saturated carbocycles. The van der Waals surface area contributed by atoms with E-state index >= 15 is 0 Å². The van der Waals surface area contributed by atoms with E-state index in [9.17, 15) is 4.79 Å². The molecule has 0 aromatic carbocycles. The number of thiophene rings is 1. The second kappa shape index (κ2) is 7.48. The van der Waals surface area contributed by atoms with Crippen LogP contribution in [0.3, 0.4) is 0 Å². The Morgan fingerprint density at radius 2 is 2.40 bits per heavy atom. The van der Waals surface area contributed by atoms with Gasteiger partial charge in [0.05, 0.1) is 16.1 Å². The highest BCUT2D eigenvalue weighted by molar-refractivity contribution is 7.14. The minimum absolute atomic E-state index is 0.0855. The number of nitrogens with zero attached hydrogens (tertiary/aromatic N) is 2. The predicted molar refractivity (Wildman–Crippen MR) is 77.5 cm³/mol. The Hall–Kier alpha value is -2.10. The molecule has 2 aromatic heterocycles. The number of aryl methyl sites for hydroxylation is 1. The summed E-state index contributed by atoms with van der Waals surface area (Å²) in [6, 6.07) is 3.53. The van der Waals surface area contributed by atoms with Gasteiger partial charge in [-0.2, -0.15) is 0 Å². The van der Waals surface area contributed by atoms with Crippen LogP contribution in [0.2, 0.25) is 0 Å². The van der Waals surface area contributed by atoms with Gasteiger partial charge in [0, 0.05) is 25.5 Å². The molecular weight excluding hydrogens is 274 g/mol. The molecule has 0 unspecified atom stereocenters. The highest BCUT2D eigenvalue weighted by Gasteiger charge is 2.07. The van der Waals surface area contributed by atoms with Gasteiger partial charge in [-0.25, -0.2) is 4.98 Å². The Bertz CT molecular complexity index is 608. The summed E-state index contributed by atoms with van der Waals surface area (Å²) < 4.78 is 1.97. The fourth-order valence-corrected chi connectivity index (χ4v) is 2.42. The van der Waals surface area contributed by atoms with Gasteiger partial charge in [-0.1, -0.05) is 11.8 Å². The third-order valence-corrected chi connectivity index (χ3v) is 3.56. The molecule has 5 nitrogen and oxygen atoms in total. The van der Waals surface area contributed by atoms with Gasteiger partial charge in [0.2, 0.25) is 0 Å². The SMILES string of the molecule is O=C(NCCCn1ccnc1)c1ccc(C#CCO)s1. The number of amides is 1. The lowest BCUT2D eigenvalue weighted by Crippen LogP contribution is -2.24. The normalized spacial score (nSPS) is 9.85. The molecule has 0 aliphatic heterocycles. The number of aromatic nitrogens is 2. The minimum atomic E-state index is -0.173. The topological polar surface area (TPSA) is 67.2 Å². The third kappa shape index (κ3) is 4.23. The molecule has 104 valence electrons. The Kier molecular flexibility index (Phi) is 5.35. The number of imidazole rings is 1. The van der Waals surface area contributed by atoms with Crippen molar-refractivity contribution >= 4 is 17.2 Å². The van der Waals surface area contributed by atoms with Gasteiger partial charge in [0.25, 0.3) is 5.91 Å². The van der Waals surface area contributed by atoms with Gasteiger partial charge in [-0.3, -0.25) is 4.79 Å². The summed E-state index contributed by atoms with van der Waals surface area (Å²) in [5.41, 5.74) is 0. The first kappa shape index (κ1) is 14.3. The van der Waals surface area contributed by atoms with E-state index in [0.717, 1.165) is 17.8 Å². The van der Waals surface area contributed by atoms with Gasteiger partial charge in [-0.15, -0.1) is 11.3 Å². The van der Waals surface area contributed by atoms with Crippen molar-refractivity contribution in [2.75, 3.05) is 13.2 Å². The molecule has 2 N–H and O–H groups in total. The van der Waals surface area contributed by atoms with Crippen molar-refractivity contribution in [2.24, 2.45) is 0 Å². The zero-order chi connectivity index (χ0) is 14.2. The lowest BCUT2D eigenvalue weighted by Gasteiger charge is -2.04. The molecule has 0 atom stereocenters. The molecule has 20 heavy (non-hydrogen) atoms. The van der Waals surface area contributed by atoms with Crippen molar-refractivity contribution in [3.8, 4) is 11.8 Å². The summed E-state index contributed by atoms with van der Waals surface area (Å²) in [6.07, 6.45) is 6.24. The summed E-state index contributed by atoms with van der Waals surface area (Å²) in [5, 5.41) is 11.5. The van der Waals surface area contributed by atoms with Gasteiger partial charge in [0.15, 0.2) is 0 Å². The number of aliphatic hydroxyl groups excluding tert-OH is 1. The van der Waals surface area contributed by atoms with E-state index in [1.807, 2.05) is 10.8 Å². The highest BCUT2D eigenvalue weighted by atomic mass is 32.1. The summed E-state index contributed by atoms with van der Waals surface area (Å²) in [4.78, 5) is 17.2. The quantitative estimate of drug-likeness (QED) is 0.640. The maximum absolute atomic E-state index is 11.9. The fraction of sp³-hybridized carbons (Fsp3) is 0.286. The molecule has 0 radical (unpaired) electrons. The smallest absolute Gasteiger partial charge is 0.261 e. The van der Waals surface area contributed by atoms with Crippen molar-refractivity contribution in [3.63, 3.8) is 0 Å². The standard InChI is InChI=1S/C14H15N3O2S/c18-10-1-3-12-4-5-13(20-12)14(19)16-6-2-8-17-9-7-15-11-17/h4-5,7,9,11,18H,2,6,8,10H2,(H,16,19). The van der Waals surface area contributed by atoms with Crippen LogP contribution in [0.4, 0.5) is 0 Å². The Balaban J connectivity index is 1.75. The molecule has 0 fully saturated rings. The summed E-state index contributed by atoms with van der Waals surface area (Å²) in [6.45, 7) is 1.28.